The molecule has 0 bridgehead atoms. The third-order valence-electron chi connectivity index (χ3n) is 10.0. The molecule has 8 rings (SSSR count). The highest BCUT2D eigenvalue weighted by Gasteiger charge is 2.18. The highest BCUT2D eigenvalue weighted by molar-refractivity contribution is 6.20. The van der Waals surface area contributed by atoms with Gasteiger partial charge in [-0.05, 0) is 98.1 Å². The van der Waals surface area contributed by atoms with Crippen molar-refractivity contribution in [2.45, 2.75) is 13.3 Å². The van der Waals surface area contributed by atoms with Gasteiger partial charge < -0.3 is 10.8 Å². The summed E-state index contributed by atoms with van der Waals surface area (Å²) in [6.07, 6.45) is 10.5. The molecule has 1 aromatic heterocycles. The molecule has 1 aliphatic rings. The van der Waals surface area contributed by atoms with Crippen LogP contribution in [0, 0.1) is 22.8 Å². The molecule has 0 saturated heterocycles. The van der Waals surface area contributed by atoms with Gasteiger partial charge in [-0.2, -0.15) is 0 Å². The van der Waals surface area contributed by atoms with E-state index in [4.69, 9.17) is 10.8 Å². The van der Waals surface area contributed by atoms with Gasteiger partial charge in [0.2, 0.25) is 0 Å². The van der Waals surface area contributed by atoms with E-state index in [1.54, 1.807) is 19.2 Å². The van der Waals surface area contributed by atoms with Crippen molar-refractivity contribution in [3.05, 3.63) is 185 Å². The van der Waals surface area contributed by atoms with Crippen LogP contribution in [-0.2, 0) is 0 Å². The van der Waals surface area contributed by atoms with Crippen LogP contribution in [0.25, 0.3) is 71.2 Å². The SMILES string of the molecule is C[N+]#Cc1ccc(-c2cccc3c(-c4ccc(-c5ccccc5)nn4)cccc23)c(-c2cccc3c(C(=N)/C=C\C(=N)C4=CC=CC(C)C4)cccc23)c1. The Hall–Kier alpha value is -7.03. The summed E-state index contributed by atoms with van der Waals surface area (Å²) in [5.41, 5.74) is 11.5. The van der Waals surface area contributed by atoms with E-state index < -0.39 is 0 Å². The molecule has 2 N–H and O–H groups in total. The van der Waals surface area contributed by atoms with Gasteiger partial charge in [-0.1, -0.05) is 139 Å². The highest BCUT2D eigenvalue weighted by Crippen LogP contribution is 2.41. The fourth-order valence-corrected chi connectivity index (χ4v) is 7.39. The quantitative estimate of drug-likeness (QED) is 0.155. The Morgan fingerprint density at radius 2 is 1.26 bits per heavy atom. The first-order valence-electron chi connectivity index (χ1n) is 18.1. The van der Waals surface area contributed by atoms with E-state index in [-0.39, 0.29) is 0 Å². The van der Waals surface area contributed by atoms with Crippen LogP contribution in [0.4, 0.5) is 0 Å². The predicted octanol–water partition coefficient (Wildman–Crippen LogP) is 12.2. The molecule has 1 atom stereocenters. The Morgan fingerprint density at radius 1 is 0.630 bits per heavy atom. The standard InChI is InChI=1S/C49H38N5/c1-32-11-6-14-35(29-32)46(50)25-26-47(51)43-21-9-16-38-39(43)18-8-20-41(38)45-30-33(31-52-2)23-24-42(45)37-15-7-19-40-36(37)17-10-22-44(40)49-28-27-48(53-54-49)34-12-4-3-5-13-34/h3-28,30,32,50-51H,29H2,1-2H3/q+1/b26-25-,50-46?,51-47?. The Balaban J connectivity index is 1.22. The fraction of sp³-hybridized carbons (Fsp3) is 0.0816. The summed E-state index contributed by atoms with van der Waals surface area (Å²) in [4.78, 5) is 4.21. The first-order chi connectivity index (χ1) is 26.5. The zero-order chi connectivity index (χ0) is 37.0. The van der Waals surface area contributed by atoms with Crippen LogP contribution in [0.3, 0.4) is 0 Å². The lowest BCUT2D eigenvalue weighted by Crippen LogP contribution is -2.06. The van der Waals surface area contributed by atoms with Gasteiger partial charge in [0.25, 0.3) is 7.05 Å². The minimum atomic E-state index is 0.365. The molecular weight excluding hydrogens is 659 g/mol. The number of allylic oxidation sites excluding steroid dienone is 6. The number of fused-ring (bicyclic) bond motifs is 2. The zero-order valence-corrected chi connectivity index (χ0v) is 30.2. The molecule has 1 aliphatic carbocycles. The van der Waals surface area contributed by atoms with Crippen molar-refractivity contribution >= 4 is 33.0 Å². The Morgan fingerprint density at radius 3 is 1.98 bits per heavy atom. The Bertz CT molecular complexity index is 2740. The first kappa shape index (κ1) is 34.1. The molecule has 0 aliphatic heterocycles. The molecule has 0 fully saturated rings. The minimum absolute atomic E-state index is 0.365. The Labute approximate surface area is 315 Å². The van der Waals surface area contributed by atoms with Crippen molar-refractivity contribution in [2.75, 3.05) is 7.05 Å². The van der Waals surface area contributed by atoms with Crippen LogP contribution >= 0.6 is 0 Å². The van der Waals surface area contributed by atoms with Gasteiger partial charge in [0.1, 0.15) is 5.56 Å². The molecule has 1 unspecified atom stereocenters. The summed E-state index contributed by atoms with van der Waals surface area (Å²) in [5, 5.41) is 31.2. The fourth-order valence-electron chi connectivity index (χ4n) is 7.39. The molecule has 0 amide bonds. The summed E-state index contributed by atoms with van der Waals surface area (Å²) < 4.78 is 0. The van der Waals surface area contributed by atoms with Gasteiger partial charge in [-0.25, -0.2) is 0 Å². The monoisotopic (exact) mass is 696 g/mol. The predicted molar refractivity (Wildman–Crippen MR) is 226 cm³/mol. The lowest BCUT2D eigenvalue weighted by atomic mass is 9.86. The summed E-state index contributed by atoms with van der Waals surface area (Å²) in [7, 11) is 1.74. The molecular formula is C49H38N5+. The van der Waals surface area contributed by atoms with Crippen LogP contribution in [0.15, 0.2) is 169 Å². The average Bonchev–Trinajstić information content (AvgIpc) is 3.22. The second-order valence-electron chi connectivity index (χ2n) is 13.6. The number of benzene rings is 6. The van der Waals surface area contributed by atoms with Crippen molar-refractivity contribution in [3.63, 3.8) is 0 Å². The van der Waals surface area contributed by atoms with Crippen molar-refractivity contribution in [2.24, 2.45) is 5.92 Å². The van der Waals surface area contributed by atoms with Gasteiger partial charge in [0.15, 0.2) is 0 Å². The van der Waals surface area contributed by atoms with Crippen molar-refractivity contribution < 1.29 is 0 Å². The third kappa shape index (κ3) is 6.69. The number of rotatable bonds is 8. The van der Waals surface area contributed by atoms with Gasteiger partial charge in [-0.15, -0.1) is 10.2 Å². The maximum absolute atomic E-state index is 9.09. The number of nitrogens with one attached hydrogen (secondary N) is 2. The van der Waals surface area contributed by atoms with E-state index in [1.807, 2.05) is 66.7 Å². The first-order valence-corrected chi connectivity index (χ1v) is 18.1. The minimum Gasteiger partial charge on any atom is -0.301 e. The molecule has 5 heteroatoms. The summed E-state index contributed by atoms with van der Waals surface area (Å²) >= 11 is 0. The van der Waals surface area contributed by atoms with Crippen LogP contribution in [-0.4, -0.2) is 28.7 Å². The molecule has 6 aromatic carbocycles. The van der Waals surface area contributed by atoms with Crippen molar-refractivity contribution in [3.8, 4) is 50.8 Å². The molecule has 1 heterocycles. The molecule has 258 valence electrons. The van der Waals surface area contributed by atoms with E-state index in [0.717, 1.165) is 89.4 Å². The zero-order valence-electron chi connectivity index (χ0n) is 30.2. The van der Waals surface area contributed by atoms with E-state index in [2.05, 4.69) is 113 Å². The lowest BCUT2D eigenvalue weighted by Gasteiger charge is -2.17. The third-order valence-corrected chi connectivity index (χ3v) is 10.0. The largest absolute Gasteiger partial charge is 0.310 e. The van der Waals surface area contributed by atoms with Crippen LogP contribution in [0.2, 0.25) is 0 Å². The van der Waals surface area contributed by atoms with Gasteiger partial charge in [-0.3, -0.25) is 0 Å². The van der Waals surface area contributed by atoms with Crippen molar-refractivity contribution in [1.82, 2.24) is 10.2 Å². The molecule has 0 radical (unpaired) electrons. The van der Waals surface area contributed by atoms with E-state index >= 15 is 0 Å². The topological polar surface area (TPSA) is 77.8 Å². The van der Waals surface area contributed by atoms with E-state index in [9.17, 15) is 0 Å². The number of hydrogen-bond acceptors (Lipinski definition) is 4. The number of nitrogens with zero attached hydrogens (tertiary/aromatic N) is 3. The van der Waals surface area contributed by atoms with Crippen LogP contribution in [0.1, 0.15) is 24.5 Å². The molecule has 0 spiro atoms. The molecule has 5 nitrogen and oxygen atoms in total. The molecule has 54 heavy (non-hydrogen) atoms. The normalized spacial score (nSPS) is 13.8. The highest BCUT2D eigenvalue weighted by atomic mass is 15.1. The maximum atomic E-state index is 9.09. The average molecular weight is 697 g/mol. The van der Waals surface area contributed by atoms with Gasteiger partial charge in [0, 0.05) is 16.7 Å². The summed E-state index contributed by atoms with van der Waals surface area (Å²) in [6, 6.07) is 48.9. The van der Waals surface area contributed by atoms with E-state index in [1.165, 1.54) is 0 Å². The second kappa shape index (κ2) is 14.9. The smallest absolute Gasteiger partial charge is 0.301 e. The summed E-state index contributed by atoms with van der Waals surface area (Å²) in [5.74, 6) is 0.405. The number of hydrogen-bond donors (Lipinski definition) is 2. The lowest BCUT2D eigenvalue weighted by molar-refractivity contribution is 0.723. The van der Waals surface area contributed by atoms with Crippen LogP contribution in [0.5, 0.6) is 0 Å². The summed E-state index contributed by atoms with van der Waals surface area (Å²) in [6.45, 7) is 2.16. The van der Waals surface area contributed by atoms with Crippen LogP contribution < -0.4 is 0 Å². The molecule has 0 saturated carbocycles. The van der Waals surface area contributed by atoms with Gasteiger partial charge >= 0.3 is 6.07 Å². The second-order valence-corrected chi connectivity index (χ2v) is 13.6. The van der Waals surface area contributed by atoms with E-state index in [0.29, 0.717) is 17.3 Å². The maximum Gasteiger partial charge on any atom is 0.310 e. The number of aromatic nitrogens is 2. The van der Waals surface area contributed by atoms with Gasteiger partial charge in [0.05, 0.1) is 22.8 Å². The molecule has 7 aromatic rings. The van der Waals surface area contributed by atoms with Crippen molar-refractivity contribution in [1.29, 1.82) is 10.8 Å². The Kier molecular flexibility index (Phi) is 9.41.